The third-order valence-electron chi connectivity index (χ3n) is 3.14. The largest absolute Gasteiger partial charge is 0.378 e. The number of carbonyl (C=O) groups is 1. The molecule has 1 saturated heterocycles. The molecule has 1 aromatic heterocycles. The lowest BCUT2D eigenvalue weighted by Gasteiger charge is -2.13. The van der Waals surface area contributed by atoms with Gasteiger partial charge in [-0.2, -0.15) is 0 Å². The van der Waals surface area contributed by atoms with Crippen LogP contribution in [-0.2, 0) is 9.53 Å². The molecule has 0 aromatic carbocycles. The highest BCUT2D eigenvalue weighted by Gasteiger charge is 2.23. The van der Waals surface area contributed by atoms with E-state index in [1.807, 2.05) is 19.1 Å². The monoisotopic (exact) mass is 219 g/mol. The summed E-state index contributed by atoms with van der Waals surface area (Å²) in [5.41, 5.74) is 1.04. The van der Waals surface area contributed by atoms with Gasteiger partial charge >= 0.3 is 0 Å². The second-order valence-corrected chi connectivity index (χ2v) is 4.31. The average molecular weight is 219 g/mol. The number of carbonyl (C=O) groups excluding carboxylic acids is 1. The van der Waals surface area contributed by atoms with Crippen LogP contribution in [0.2, 0.25) is 0 Å². The second-order valence-electron chi connectivity index (χ2n) is 4.31. The Morgan fingerprint density at radius 3 is 2.94 bits per heavy atom. The van der Waals surface area contributed by atoms with E-state index < -0.39 is 0 Å². The summed E-state index contributed by atoms with van der Waals surface area (Å²) in [6.45, 7) is 2.76. The number of aromatic nitrogens is 1. The van der Waals surface area contributed by atoms with Gasteiger partial charge in [0.25, 0.3) is 0 Å². The van der Waals surface area contributed by atoms with E-state index in [1.165, 1.54) is 0 Å². The van der Waals surface area contributed by atoms with Crippen LogP contribution in [0.4, 0.5) is 0 Å². The molecule has 2 rings (SSSR count). The molecule has 86 valence electrons. The molecule has 0 N–H and O–H groups in total. The molecule has 1 aliphatic rings. The van der Waals surface area contributed by atoms with Crippen molar-refractivity contribution in [1.29, 1.82) is 0 Å². The van der Waals surface area contributed by atoms with Crippen LogP contribution in [0, 0.1) is 0 Å². The Hall–Kier alpha value is -1.22. The van der Waals surface area contributed by atoms with E-state index in [2.05, 4.69) is 4.98 Å². The molecule has 0 amide bonds. The summed E-state index contributed by atoms with van der Waals surface area (Å²) in [5, 5.41) is 0. The van der Waals surface area contributed by atoms with E-state index in [4.69, 9.17) is 4.74 Å². The zero-order valence-corrected chi connectivity index (χ0v) is 9.56. The standard InChI is InChI=1S/C13H17NO2/c1-10(11-4-6-14-7-5-11)13(15)9-12-3-2-8-16-12/h4-7,10,12H,2-3,8-9H2,1H3. The van der Waals surface area contributed by atoms with Crippen molar-refractivity contribution >= 4 is 5.78 Å². The predicted molar refractivity (Wildman–Crippen MR) is 61.3 cm³/mol. The van der Waals surface area contributed by atoms with Crippen molar-refractivity contribution in [2.45, 2.75) is 38.2 Å². The van der Waals surface area contributed by atoms with Gasteiger partial charge in [0.05, 0.1) is 6.10 Å². The third-order valence-corrected chi connectivity index (χ3v) is 3.14. The number of nitrogens with zero attached hydrogens (tertiary/aromatic N) is 1. The topological polar surface area (TPSA) is 39.2 Å². The maximum Gasteiger partial charge on any atom is 0.142 e. The van der Waals surface area contributed by atoms with E-state index in [1.54, 1.807) is 12.4 Å². The summed E-state index contributed by atoms with van der Waals surface area (Å²) in [6.07, 6.45) is 6.26. The van der Waals surface area contributed by atoms with Crippen LogP contribution in [0.5, 0.6) is 0 Å². The number of pyridine rings is 1. The molecule has 0 saturated carbocycles. The normalized spacial score (nSPS) is 21.9. The minimum Gasteiger partial charge on any atom is -0.378 e. The van der Waals surface area contributed by atoms with E-state index in [-0.39, 0.29) is 17.8 Å². The van der Waals surface area contributed by atoms with Gasteiger partial charge in [0.2, 0.25) is 0 Å². The summed E-state index contributed by atoms with van der Waals surface area (Å²) >= 11 is 0. The minimum atomic E-state index is -0.0489. The van der Waals surface area contributed by atoms with Gasteiger partial charge in [-0.15, -0.1) is 0 Å². The molecule has 2 unspecified atom stereocenters. The Labute approximate surface area is 95.8 Å². The fraction of sp³-hybridized carbons (Fsp3) is 0.538. The number of ketones is 1. The Bertz CT molecular complexity index is 344. The second kappa shape index (κ2) is 5.21. The third kappa shape index (κ3) is 2.67. The Morgan fingerprint density at radius 2 is 2.31 bits per heavy atom. The van der Waals surface area contributed by atoms with Crippen molar-refractivity contribution in [1.82, 2.24) is 4.98 Å². The maximum atomic E-state index is 12.0. The van der Waals surface area contributed by atoms with Crippen LogP contribution in [0.15, 0.2) is 24.5 Å². The average Bonchev–Trinajstić information content (AvgIpc) is 2.82. The Kier molecular flexibility index (Phi) is 3.67. The summed E-state index contributed by atoms with van der Waals surface area (Å²) in [7, 11) is 0. The molecule has 1 fully saturated rings. The quantitative estimate of drug-likeness (QED) is 0.780. The number of ether oxygens (including phenoxy) is 1. The first-order valence-corrected chi connectivity index (χ1v) is 5.81. The SMILES string of the molecule is CC(C(=O)CC1CCCO1)c1ccncc1. The summed E-state index contributed by atoms with van der Waals surface area (Å²) in [6, 6.07) is 3.80. The Morgan fingerprint density at radius 1 is 1.56 bits per heavy atom. The molecule has 16 heavy (non-hydrogen) atoms. The van der Waals surface area contributed by atoms with Crippen LogP contribution in [0.25, 0.3) is 0 Å². The highest BCUT2D eigenvalue weighted by Crippen LogP contribution is 2.22. The summed E-state index contributed by atoms with van der Waals surface area (Å²) < 4.78 is 5.48. The van der Waals surface area contributed by atoms with Crippen LogP contribution >= 0.6 is 0 Å². The van der Waals surface area contributed by atoms with Crippen molar-refractivity contribution in [3.05, 3.63) is 30.1 Å². The van der Waals surface area contributed by atoms with Crippen LogP contribution in [0.3, 0.4) is 0 Å². The first kappa shape index (κ1) is 11.3. The van der Waals surface area contributed by atoms with Gasteiger partial charge in [-0.05, 0) is 30.5 Å². The van der Waals surface area contributed by atoms with E-state index in [0.29, 0.717) is 6.42 Å². The van der Waals surface area contributed by atoms with E-state index in [9.17, 15) is 4.79 Å². The molecule has 0 aliphatic carbocycles. The molecule has 0 radical (unpaired) electrons. The van der Waals surface area contributed by atoms with Gasteiger partial charge < -0.3 is 4.74 Å². The lowest BCUT2D eigenvalue weighted by Crippen LogP contribution is -2.17. The Balaban J connectivity index is 1.94. The van der Waals surface area contributed by atoms with E-state index >= 15 is 0 Å². The van der Waals surface area contributed by atoms with Crippen molar-refractivity contribution in [3.8, 4) is 0 Å². The molecule has 1 aliphatic heterocycles. The lowest BCUT2D eigenvalue weighted by atomic mass is 9.94. The number of rotatable bonds is 4. The summed E-state index contributed by atoms with van der Waals surface area (Å²) in [4.78, 5) is 16.0. The molecule has 1 aromatic rings. The molecule has 3 heteroatoms. The molecular formula is C13H17NO2. The molecule has 0 bridgehead atoms. The van der Waals surface area contributed by atoms with Gasteiger partial charge in [-0.1, -0.05) is 6.92 Å². The minimum absolute atomic E-state index is 0.0489. The molecule has 2 heterocycles. The summed E-state index contributed by atoms with van der Waals surface area (Å²) in [5.74, 6) is 0.213. The fourth-order valence-electron chi connectivity index (χ4n) is 2.04. The number of hydrogen-bond acceptors (Lipinski definition) is 3. The van der Waals surface area contributed by atoms with Crippen LogP contribution < -0.4 is 0 Å². The highest BCUT2D eigenvalue weighted by atomic mass is 16.5. The van der Waals surface area contributed by atoms with Crippen LogP contribution in [0.1, 0.15) is 37.7 Å². The van der Waals surface area contributed by atoms with Gasteiger partial charge in [0.15, 0.2) is 0 Å². The fourth-order valence-corrected chi connectivity index (χ4v) is 2.04. The van der Waals surface area contributed by atoms with Crippen molar-refractivity contribution in [3.63, 3.8) is 0 Å². The van der Waals surface area contributed by atoms with Crippen molar-refractivity contribution in [2.75, 3.05) is 6.61 Å². The van der Waals surface area contributed by atoms with Gasteiger partial charge in [0.1, 0.15) is 5.78 Å². The van der Waals surface area contributed by atoms with Crippen molar-refractivity contribution < 1.29 is 9.53 Å². The zero-order valence-electron chi connectivity index (χ0n) is 9.56. The number of hydrogen-bond donors (Lipinski definition) is 0. The lowest BCUT2D eigenvalue weighted by molar-refractivity contribution is -0.122. The first-order valence-electron chi connectivity index (χ1n) is 5.81. The first-order chi connectivity index (χ1) is 7.77. The molecule has 2 atom stereocenters. The highest BCUT2D eigenvalue weighted by molar-refractivity contribution is 5.85. The van der Waals surface area contributed by atoms with E-state index in [0.717, 1.165) is 25.0 Å². The number of Topliss-reactive ketones (excluding diaryl/α,β-unsaturated/α-hetero) is 1. The maximum absolute atomic E-state index is 12.0. The smallest absolute Gasteiger partial charge is 0.142 e. The van der Waals surface area contributed by atoms with Crippen LogP contribution in [-0.4, -0.2) is 23.5 Å². The van der Waals surface area contributed by atoms with Gasteiger partial charge in [0, 0.05) is 31.3 Å². The predicted octanol–water partition coefficient (Wildman–Crippen LogP) is 2.32. The molecule has 0 spiro atoms. The van der Waals surface area contributed by atoms with Gasteiger partial charge in [-0.25, -0.2) is 0 Å². The van der Waals surface area contributed by atoms with Crippen molar-refractivity contribution in [2.24, 2.45) is 0 Å². The van der Waals surface area contributed by atoms with Gasteiger partial charge in [-0.3, -0.25) is 9.78 Å². The molecular weight excluding hydrogens is 202 g/mol. The zero-order chi connectivity index (χ0) is 11.4. The molecule has 3 nitrogen and oxygen atoms in total.